The molecule has 4 heterocycles. The van der Waals surface area contributed by atoms with Crippen LogP contribution in [0.5, 0.6) is 0 Å². The Bertz CT molecular complexity index is 1230. The van der Waals surface area contributed by atoms with Crippen molar-refractivity contribution >= 4 is 16.8 Å². The van der Waals surface area contributed by atoms with Crippen molar-refractivity contribution in [2.45, 2.75) is 39.3 Å². The van der Waals surface area contributed by atoms with Gasteiger partial charge in [-0.05, 0) is 25.5 Å². The number of H-pyrrole nitrogens is 1. The number of hydrogen-bond donors (Lipinski definition) is 1. The summed E-state index contributed by atoms with van der Waals surface area (Å²) < 4.78 is 3.95. The number of fused-ring (bicyclic) bond motifs is 2. The maximum absolute atomic E-state index is 13.2. The number of para-hydroxylation sites is 1. The third-order valence-electron chi connectivity index (χ3n) is 5.95. The first-order chi connectivity index (χ1) is 14.5. The molecule has 154 valence electrons. The van der Waals surface area contributed by atoms with Crippen LogP contribution in [0.3, 0.4) is 0 Å². The van der Waals surface area contributed by atoms with Gasteiger partial charge in [-0.2, -0.15) is 5.10 Å². The van der Waals surface area contributed by atoms with Crippen molar-refractivity contribution in [1.29, 1.82) is 0 Å². The predicted molar refractivity (Wildman–Crippen MR) is 114 cm³/mol. The molecule has 0 saturated heterocycles. The van der Waals surface area contributed by atoms with Gasteiger partial charge in [-0.1, -0.05) is 18.2 Å². The monoisotopic (exact) mass is 403 g/mol. The van der Waals surface area contributed by atoms with Crippen molar-refractivity contribution in [3.05, 3.63) is 53.6 Å². The van der Waals surface area contributed by atoms with E-state index < -0.39 is 0 Å². The molecule has 0 radical (unpaired) electrons. The van der Waals surface area contributed by atoms with Crippen molar-refractivity contribution < 1.29 is 4.79 Å². The lowest BCUT2D eigenvalue weighted by atomic mass is 10.0. The summed E-state index contributed by atoms with van der Waals surface area (Å²) in [4.78, 5) is 18.3. The molecule has 0 aliphatic carbocycles. The minimum Gasteiger partial charge on any atom is -0.361 e. The lowest BCUT2D eigenvalue weighted by Gasteiger charge is -2.27. The average molecular weight is 403 g/mol. The van der Waals surface area contributed by atoms with E-state index in [9.17, 15) is 4.79 Å². The van der Waals surface area contributed by atoms with Crippen LogP contribution >= 0.6 is 0 Å². The number of nitrogens with zero attached hydrogens (tertiary/aromatic N) is 6. The normalized spacial score (nSPS) is 13.9. The molecule has 8 heteroatoms. The Labute approximate surface area is 174 Å². The van der Waals surface area contributed by atoms with Gasteiger partial charge in [0.15, 0.2) is 5.82 Å². The average Bonchev–Trinajstić information content (AvgIpc) is 3.46. The van der Waals surface area contributed by atoms with E-state index in [-0.39, 0.29) is 11.9 Å². The first-order valence-corrected chi connectivity index (χ1v) is 10.3. The first-order valence-electron chi connectivity index (χ1n) is 10.3. The summed E-state index contributed by atoms with van der Waals surface area (Å²) >= 11 is 0. The fourth-order valence-corrected chi connectivity index (χ4v) is 4.33. The second-order valence-electron chi connectivity index (χ2n) is 8.15. The molecule has 1 aliphatic rings. The van der Waals surface area contributed by atoms with Gasteiger partial charge in [-0.25, -0.2) is 0 Å². The molecule has 1 N–H and O–H groups in total. The van der Waals surface area contributed by atoms with Crippen molar-refractivity contribution in [3.8, 4) is 11.5 Å². The molecule has 1 amide bonds. The Morgan fingerprint density at radius 3 is 2.93 bits per heavy atom. The number of carbonyl (C=O) groups excluding carboxylic acids is 1. The molecule has 0 unspecified atom stereocenters. The third kappa shape index (κ3) is 2.99. The van der Waals surface area contributed by atoms with Gasteiger partial charge in [0.1, 0.15) is 12.0 Å². The van der Waals surface area contributed by atoms with E-state index in [1.165, 1.54) is 5.69 Å². The summed E-state index contributed by atoms with van der Waals surface area (Å²) in [6.45, 7) is 5.44. The van der Waals surface area contributed by atoms with E-state index in [0.29, 0.717) is 19.5 Å². The molecule has 5 rings (SSSR count). The van der Waals surface area contributed by atoms with Gasteiger partial charge in [-0.15, -0.1) is 10.2 Å². The Balaban J connectivity index is 1.43. The summed E-state index contributed by atoms with van der Waals surface area (Å²) in [6, 6.07) is 8.32. The van der Waals surface area contributed by atoms with Crippen molar-refractivity contribution in [2.24, 2.45) is 7.05 Å². The maximum Gasteiger partial charge on any atom is 0.227 e. The number of hydrogen-bond acceptors (Lipinski definition) is 4. The zero-order valence-corrected chi connectivity index (χ0v) is 17.5. The van der Waals surface area contributed by atoms with Gasteiger partial charge < -0.3 is 14.5 Å². The Kier molecular flexibility index (Phi) is 4.42. The smallest absolute Gasteiger partial charge is 0.227 e. The van der Waals surface area contributed by atoms with Gasteiger partial charge in [0.2, 0.25) is 5.91 Å². The van der Waals surface area contributed by atoms with E-state index in [0.717, 1.165) is 40.0 Å². The zero-order chi connectivity index (χ0) is 20.8. The quantitative estimate of drug-likeness (QED) is 0.568. The number of amides is 1. The van der Waals surface area contributed by atoms with Crippen LogP contribution in [0, 0.1) is 0 Å². The highest BCUT2D eigenvalue weighted by Crippen LogP contribution is 2.30. The summed E-state index contributed by atoms with van der Waals surface area (Å²) in [5.41, 5.74) is 5.16. The summed E-state index contributed by atoms with van der Waals surface area (Å²) in [5, 5.41) is 14.3. The molecule has 1 aromatic carbocycles. The molecule has 8 nitrogen and oxygen atoms in total. The molecule has 0 bridgehead atoms. The molecular weight excluding hydrogens is 378 g/mol. The number of aromatic amines is 1. The molecule has 0 fully saturated rings. The highest BCUT2D eigenvalue weighted by molar-refractivity contribution is 5.89. The van der Waals surface area contributed by atoms with Crippen LogP contribution in [-0.2, 0) is 31.2 Å². The van der Waals surface area contributed by atoms with Gasteiger partial charge in [0, 0.05) is 61.0 Å². The van der Waals surface area contributed by atoms with Gasteiger partial charge in [0.05, 0.1) is 6.42 Å². The minimum atomic E-state index is 0.130. The minimum absolute atomic E-state index is 0.130. The fourth-order valence-electron chi connectivity index (χ4n) is 4.33. The molecule has 0 atom stereocenters. The highest BCUT2D eigenvalue weighted by Gasteiger charge is 2.29. The molecule has 30 heavy (non-hydrogen) atoms. The van der Waals surface area contributed by atoms with Crippen LogP contribution in [0.15, 0.2) is 36.8 Å². The largest absolute Gasteiger partial charge is 0.361 e. The molecule has 1 aliphatic heterocycles. The summed E-state index contributed by atoms with van der Waals surface area (Å²) in [6.07, 6.45) is 4.85. The number of benzene rings is 1. The molecule has 3 aromatic heterocycles. The SMILES string of the molecule is CC(C)n1cnnc1-c1nn(C)c2c1CN(C(=O)Cc1c[nH]c3ccccc13)CC2. The van der Waals surface area contributed by atoms with E-state index in [1.54, 1.807) is 6.33 Å². The maximum atomic E-state index is 13.2. The van der Waals surface area contributed by atoms with Crippen molar-refractivity contribution in [3.63, 3.8) is 0 Å². The second kappa shape index (κ2) is 7.12. The summed E-state index contributed by atoms with van der Waals surface area (Å²) in [7, 11) is 1.96. The van der Waals surface area contributed by atoms with E-state index in [1.807, 2.05) is 45.6 Å². The van der Waals surface area contributed by atoms with Crippen LogP contribution in [0.4, 0.5) is 0 Å². The van der Waals surface area contributed by atoms with Crippen molar-refractivity contribution in [1.82, 2.24) is 34.4 Å². The molecule has 0 spiro atoms. The number of aromatic nitrogens is 6. The number of aryl methyl sites for hydroxylation is 1. The Morgan fingerprint density at radius 1 is 1.27 bits per heavy atom. The number of rotatable bonds is 4. The zero-order valence-electron chi connectivity index (χ0n) is 17.5. The third-order valence-corrected chi connectivity index (χ3v) is 5.95. The number of carbonyl (C=O) groups is 1. The lowest BCUT2D eigenvalue weighted by Crippen LogP contribution is -2.37. The van der Waals surface area contributed by atoms with Crippen molar-refractivity contribution in [2.75, 3.05) is 6.54 Å². The molecule has 0 saturated carbocycles. The Hall–Kier alpha value is -3.42. The summed E-state index contributed by atoms with van der Waals surface area (Å²) in [5.74, 6) is 0.887. The fraction of sp³-hybridized carbons (Fsp3) is 0.364. The van der Waals surface area contributed by atoms with Crippen LogP contribution in [0.2, 0.25) is 0 Å². The first kappa shape index (κ1) is 18.6. The topological polar surface area (TPSA) is 84.6 Å². The predicted octanol–water partition coefficient (Wildman–Crippen LogP) is 2.87. The number of nitrogens with one attached hydrogen (secondary N) is 1. The van der Waals surface area contributed by atoms with E-state index in [2.05, 4.69) is 35.1 Å². The molecular formula is C22H25N7O. The molecule has 4 aromatic rings. The Morgan fingerprint density at radius 2 is 2.10 bits per heavy atom. The van der Waals surface area contributed by atoms with Crippen LogP contribution in [-0.4, -0.2) is 46.9 Å². The van der Waals surface area contributed by atoms with Crippen LogP contribution in [0.25, 0.3) is 22.4 Å². The standard InChI is InChI=1S/C22H25N7O/c1-14(2)29-13-24-25-22(29)21-17-12-28(9-8-19(17)27(3)26-21)20(30)10-15-11-23-18-7-5-4-6-16(15)18/h4-7,11,13-14,23H,8-10,12H2,1-3H3. The van der Waals surface area contributed by atoms with Gasteiger partial charge in [-0.3, -0.25) is 9.48 Å². The van der Waals surface area contributed by atoms with Crippen LogP contribution < -0.4 is 0 Å². The van der Waals surface area contributed by atoms with Crippen LogP contribution in [0.1, 0.15) is 36.7 Å². The van der Waals surface area contributed by atoms with E-state index in [4.69, 9.17) is 5.10 Å². The second-order valence-corrected chi connectivity index (χ2v) is 8.15. The highest BCUT2D eigenvalue weighted by atomic mass is 16.2. The lowest BCUT2D eigenvalue weighted by molar-refractivity contribution is -0.131. The van der Waals surface area contributed by atoms with E-state index >= 15 is 0 Å². The van der Waals surface area contributed by atoms with Gasteiger partial charge in [0.25, 0.3) is 0 Å². The van der Waals surface area contributed by atoms with Gasteiger partial charge >= 0.3 is 0 Å².